The molecule has 2 aromatic rings. The van der Waals surface area contributed by atoms with Crippen molar-refractivity contribution in [2.24, 2.45) is 5.10 Å². The first-order chi connectivity index (χ1) is 14.7. The van der Waals surface area contributed by atoms with Crippen LogP contribution in [0.15, 0.2) is 59.7 Å². The summed E-state index contributed by atoms with van der Waals surface area (Å²) in [5.41, 5.74) is 6.37. The van der Waals surface area contributed by atoms with Crippen molar-refractivity contribution in [2.45, 2.75) is 19.3 Å². The number of rotatable bonds is 6. The Morgan fingerprint density at radius 3 is 2.37 bits per heavy atom. The van der Waals surface area contributed by atoms with Crippen molar-refractivity contribution in [2.75, 3.05) is 42.9 Å². The Morgan fingerprint density at radius 2 is 1.70 bits per heavy atom. The summed E-state index contributed by atoms with van der Waals surface area (Å²) >= 11 is 0. The van der Waals surface area contributed by atoms with E-state index in [0.717, 1.165) is 49.7 Å². The van der Waals surface area contributed by atoms with E-state index in [-0.39, 0.29) is 11.8 Å². The molecule has 0 unspecified atom stereocenters. The zero-order valence-corrected chi connectivity index (χ0v) is 17.0. The molecule has 7 heteroatoms. The van der Waals surface area contributed by atoms with Gasteiger partial charge < -0.3 is 10.2 Å². The number of anilines is 2. The van der Waals surface area contributed by atoms with Crippen LogP contribution >= 0.6 is 0 Å². The molecule has 0 spiro atoms. The van der Waals surface area contributed by atoms with Crippen molar-refractivity contribution in [3.8, 4) is 0 Å². The minimum Gasteiger partial charge on any atom is -0.369 e. The maximum absolute atomic E-state index is 12.3. The highest BCUT2D eigenvalue weighted by Crippen LogP contribution is 2.16. The Bertz CT molecular complexity index is 903. The van der Waals surface area contributed by atoms with Crippen LogP contribution in [0.5, 0.6) is 0 Å². The largest absolute Gasteiger partial charge is 0.369 e. The third-order valence-electron chi connectivity index (χ3n) is 5.56. The Kier molecular flexibility index (Phi) is 6.39. The Labute approximate surface area is 176 Å². The predicted molar refractivity (Wildman–Crippen MR) is 119 cm³/mol. The van der Waals surface area contributed by atoms with E-state index >= 15 is 0 Å². The van der Waals surface area contributed by atoms with Crippen molar-refractivity contribution in [3.05, 3.63) is 60.2 Å². The van der Waals surface area contributed by atoms with Gasteiger partial charge in [-0.3, -0.25) is 14.5 Å². The van der Waals surface area contributed by atoms with E-state index in [0.29, 0.717) is 19.3 Å². The molecule has 2 aromatic carbocycles. The van der Waals surface area contributed by atoms with Crippen LogP contribution in [-0.4, -0.2) is 55.1 Å². The average molecular weight is 406 g/mol. The molecule has 2 amide bonds. The molecule has 4 rings (SSSR count). The molecule has 2 aliphatic rings. The second kappa shape index (κ2) is 9.54. The molecule has 1 saturated heterocycles. The SMILES string of the molecule is O=C1CCC(c2ccc(NC(=O)CCN3CCN(c4ccccc4)CC3)cc2)=NN1. The quantitative estimate of drug-likeness (QED) is 0.774. The molecule has 2 aliphatic heterocycles. The van der Waals surface area contributed by atoms with Gasteiger partial charge in [0.2, 0.25) is 11.8 Å². The lowest BCUT2D eigenvalue weighted by Crippen LogP contribution is -2.47. The van der Waals surface area contributed by atoms with Gasteiger partial charge in [0.15, 0.2) is 0 Å². The van der Waals surface area contributed by atoms with Crippen molar-refractivity contribution in [3.63, 3.8) is 0 Å². The van der Waals surface area contributed by atoms with E-state index < -0.39 is 0 Å². The maximum atomic E-state index is 12.3. The molecule has 0 aliphatic carbocycles. The van der Waals surface area contributed by atoms with Gasteiger partial charge >= 0.3 is 0 Å². The monoisotopic (exact) mass is 405 g/mol. The summed E-state index contributed by atoms with van der Waals surface area (Å²) in [6.07, 6.45) is 1.57. The molecule has 2 heterocycles. The first-order valence-electron chi connectivity index (χ1n) is 10.5. The summed E-state index contributed by atoms with van der Waals surface area (Å²) in [4.78, 5) is 28.3. The number of amides is 2. The predicted octanol–water partition coefficient (Wildman–Crippen LogP) is 2.45. The lowest BCUT2D eigenvalue weighted by atomic mass is 10.0. The third-order valence-corrected chi connectivity index (χ3v) is 5.56. The number of piperazine rings is 1. The van der Waals surface area contributed by atoms with Crippen molar-refractivity contribution >= 4 is 28.9 Å². The normalized spacial score (nSPS) is 17.3. The topological polar surface area (TPSA) is 77.0 Å². The summed E-state index contributed by atoms with van der Waals surface area (Å²) in [6.45, 7) is 4.67. The second-order valence-electron chi connectivity index (χ2n) is 7.63. The summed E-state index contributed by atoms with van der Waals surface area (Å²) in [5.74, 6) is -0.0281. The highest BCUT2D eigenvalue weighted by atomic mass is 16.2. The minimum absolute atomic E-state index is 0.0236. The van der Waals surface area contributed by atoms with Gasteiger partial charge in [0.25, 0.3) is 0 Å². The minimum atomic E-state index is -0.0517. The van der Waals surface area contributed by atoms with Gasteiger partial charge in [-0.1, -0.05) is 30.3 Å². The van der Waals surface area contributed by atoms with Crippen molar-refractivity contribution in [1.82, 2.24) is 10.3 Å². The Balaban J connectivity index is 1.20. The van der Waals surface area contributed by atoms with E-state index in [4.69, 9.17) is 0 Å². The van der Waals surface area contributed by atoms with E-state index in [1.807, 2.05) is 30.3 Å². The number of nitrogens with zero attached hydrogens (tertiary/aromatic N) is 3. The van der Waals surface area contributed by atoms with E-state index in [1.165, 1.54) is 5.69 Å². The number of carbonyl (C=O) groups is 2. The molecule has 0 atom stereocenters. The summed E-state index contributed by atoms with van der Waals surface area (Å²) in [5, 5.41) is 7.07. The Morgan fingerprint density at radius 1 is 0.967 bits per heavy atom. The van der Waals surface area contributed by atoms with Crippen LogP contribution in [0.25, 0.3) is 0 Å². The molecule has 2 N–H and O–H groups in total. The molecule has 156 valence electrons. The van der Waals surface area contributed by atoms with Crippen LogP contribution in [0.1, 0.15) is 24.8 Å². The molecular weight excluding hydrogens is 378 g/mol. The fourth-order valence-corrected chi connectivity index (χ4v) is 3.78. The first kappa shape index (κ1) is 20.1. The first-order valence-corrected chi connectivity index (χ1v) is 10.5. The number of para-hydroxylation sites is 1. The van der Waals surface area contributed by atoms with E-state index in [1.54, 1.807) is 0 Å². The molecule has 30 heavy (non-hydrogen) atoms. The average Bonchev–Trinajstić information content (AvgIpc) is 2.80. The molecule has 7 nitrogen and oxygen atoms in total. The van der Waals surface area contributed by atoms with Gasteiger partial charge in [0.1, 0.15) is 0 Å². The molecule has 0 radical (unpaired) electrons. The van der Waals surface area contributed by atoms with Gasteiger partial charge in [0.05, 0.1) is 5.71 Å². The van der Waals surface area contributed by atoms with Gasteiger partial charge in [-0.25, -0.2) is 5.43 Å². The zero-order valence-electron chi connectivity index (χ0n) is 17.0. The number of hydrogen-bond donors (Lipinski definition) is 2. The van der Waals surface area contributed by atoms with Crippen LogP contribution in [0.4, 0.5) is 11.4 Å². The fourth-order valence-electron chi connectivity index (χ4n) is 3.78. The van der Waals surface area contributed by atoms with Crippen LogP contribution in [0, 0.1) is 0 Å². The Hall–Kier alpha value is -3.19. The summed E-state index contributed by atoms with van der Waals surface area (Å²) in [7, 11) is 0. The van der Waals surface area contributed by atoms with Crippen molar-refractivity contribution in [1.29, 1.82) is 0 Å². The summed E-state index contributed by atoms with van der Waals surface area (Å²) in [6, 6.07) is 18.1. The second-order valence-corrected chi connectivity index (χ2v) is 7.63. The van der Waals surface area contributed by atoms with Crippen LogP contribution < -0.4 is 15.6 Å². The standard InChI is InChI=1S/C23H27N5O2/c29-22(12-13-27-14-16-28(17-15-27)20-4-2-1-3-5-20)24-19-8-6-18(7-9-19)21-10-11-23(30)26-25-21/h1-9H,10-17H2,(H,24,29)(H,26,30). The maximum Gasteiger partial charge on any atom is 0.240 e. The molecule has 0 bridgehead atoms. The number of nitrogens with one attached hydrogen (secondary N) is 2. The smallest absolute Gasteiger partial charge is 0.240 e. The lowest BCUT2D eigenvalue weighted by molar-refractivity contribution is -0.121. The molecule has 0 aromatic heterocycles. The van der Waals surface area contributed by atoms with Gasteiger partial charge in [0, 0.05) is 63.4 Å². The number of hydrogen-bond acceptors (Lipinski definition) is 5. The molecule has 1 fully saturated rings. The molecular formula is C23H27N5O2. The number of benzene rings is 2. The van der Waals surface area contributed by atoms with Crippen LogP contribution in [0.2, 0.25) is 0 Å². The highest BCUT2D eigenvalue weighted by Gasteiger charge is 2.18. The number of hydrazone groups is 1. The number of carbonyl (C=O) groups excluding carboxylic acids is 2. The molecule has 0 saturated carbocycles. The lowest BCUT2D eigenvalue weighted by Gasteiger charge is -2.36. The van der Waals surface area contributed by atoms with E-state index in [9.17, 15) is 9.59 Å². The van der Waals surface area contributed by atoms with Gasteiger partial charge in [-0.05, 0) is 29.8 Å². The zero-order chi connectivity index (χ0) is 20.8. The fraction of sp³-hybridized carbons (Fsp3) is 0.348. The van der Waals surface area contributed by atoms with Gasteiger partial charge in [-0.2, -0.15) is 5.10 Å². The highest BCUT2D eigenvalue weighted by molar-refractivity contribution is 6.04. The summed E-state index contributed by atoms with van der Waals surface area (Å²) < 4.78 is 0. The third kappa shape index (κ3) is 5.24. The van der Waals surface area contributed by atoms with Crippen LogP contribution in [-0.2, 0) is 9.59 Å². The van der Waals surface area contributed by atoms with Crippen LogP contribution in [0.3, 0.4) is 0 Å². The van der Waals surface area contributed by atoms with Crippen molar-refractivity contribution < 1.29 is 9.59 Å². The van der Waals surface area contributed by atoms with E-state index in [2.05, 4.69) is 49.9 Å². The van der Waals surface area contributed by atoms with Gasteiger partial charge in [-0.15, -0.1) is 0 Å².